The molecule has 2 aliphatic rings. The van der Waals surface area contributed by atoms with Gasteiger partial charge in [0.25, 0.3) is 0 Å². The van der Waals surface area contributed by atoms with Crippen LogP contribution in [0.1, 0.15) is 145 Å². The third kappa shape index (κ3) is 5.71. The molecule has 2 N–H and O–H groups in total. The van der Waals surface area contributed by atoms with Crippen molar-refractivity contribution in [3.63, 3.8) is 0 Å². The molecule has 4 rings (SSSR count). The van der Waals surface area contributed by atoms with Gasteiger partial charge in [-0.15, -0.1) is 0 Å². The van der Waals surface area contributed by atoms with Gasteiger partial charge in [0.05, 0.1) is 0 Å². The zero-order valence-corrected chi connectivity index (χ0v) is 30.2. The van der Waals surface area contributed by atoms with Crippen LogP contribution < -0.4 is 23.9 Å². The van der Waals surface area contributed by atoms with E-state index in [-0.39, 0.29) is 21.7 Å². The standard InChI is InChI=1S/C36H60N3O2P/c1-15-17-19-37-42(38-20-18-16-2)39(29-23-25(33(3,4)5)21-27(31(29)40-42)35(9,10)11)30-24-26(34(6,7)8)22-28(32(30)41-42)36(12,13)14/h21-24,37-38H,15-20H2,1-14H3. The van der Waals surface area contributed by atoms with Gasteiger partial charge in [0.15, 0.2) is 0 Å². The second-order valence-electron chi connectivity index (χ2n) is 16.7. The molecule has 0 unspecified atom stereocenters. The topological polar surface area (TPSA) is 45.8 Å². The predicted octanol–water partition coefficient (Wildman–Crippen LogP) is 10.7. The van der Waals surface area contributed by atoms with Gasteiger partial charge in [0.1, 0.15) is 0 Å². The summed E-state index contributed by atoms with van der Waals surface area (Å²) >= 11 is 0. The normalized spacial score (nSPS) is 18.4. The van der Waals surface area contributed by atoms with Crippen LogP contribution >= 0.6 is 7.51 Å². The number of fused-ring (bicyclic) bond motifs is 5. The first-order chi connectivity index (χ1) is 19.2. The third-order valence-electron chi connectivity index (χ3n) is 8.67. The molecule has 2 heterocycles. The second kappa shape index (κ2) is 10.7. The zero-order valence-electron chi connectivity index (χ0n) is 29.3. The van der Waals surface area contributed by atoms with E-state index in [2.05, 4.69) is 136 Å². The molecule has 0 saturated heterocycles. The maximum atomic E-state index is 7.51. The van der Waals surface area contributed by atoms with E-state index in [4.69, 9.17) is 9.05 Å². The summed E-state index contributed by atoms with van der Waals surface area (Å²) in [4.78, 5) is 0. The molecule has 0 fully saturated rings. The van der Waals surface area contributed by atoms with Gasteiger partial charge in [-0.2, -0.15) is 0 Å². The van der Waals surface area contributed by atoms with Crippen LogP contribution in [0.2, 0.25) is 0 Å². The Morgan fingerprint density at radius 1 is 0.571 bits per heavy atom. The molecule has 0 spiro atoms. The molecular formula is C36H60N3O2P. The Labute approximate surface area is 257 Å². The fraction of sp³-hybridized carbons (Fsp3) is 0.667. The van der Waals surface area contributed by atoms with Crippen molar-refractivity contribution in [2.45, 2.75) is 144 Å². The number of benzene rings is 2. The summed E-state index contributed by atoms with van der Waals surface area (Å²) in [5.41, 5.74) is 7.04. The summed E-state index contributed by atoms with van der Waals surface area (Å²) in [5.74, 6) is 1.90. The van der Waals surface area contributed by atoms with Crippen LogP contribution in [0.15, 0.2) is 24.3 Å². The Bertz CT molecular complexity index is 1220. The minimum absolute atomic E-state index is 0.0212. The van der Waals surface area contributed by atoms with Crippen LogP contribution in [0.25, 0.3) is 0 Å². The molecule has 236 valence electrons. The molecule has 2 aromatic carbocycles. The van der Waals surface area contributed by atoms with Crippen molar-refractivity contribution in [1.29, 1.82) is 0 Å². The van der Waals surface area contributed by atoms with Gasteiger partial charge in [-0.25, -0.2) is 0 Å². The van der Waals surface area contributed by atoms with Gasteiger partial charge in [0, 0.05) is 0 Å². The Morgan fingerprint density at radius 2 is 0.929 bits per heavy atom. The number of nitrogens with zero attached hydrogens (tertiary/aromatic N) is 1. The second-order valence-corrected chi connectivity index (χ2v) is 19.9. The summed E-state index contributed by atoms with van der Waals surface area (Å²) in [5, 5.41) is 8.00. The third-order valence-corrected chi connectivity index (χ3v) is 12.4. The molecular weight excluding hydrogens is 537 g/mol. The van der Waals surface area contributed by atoms with E-state index in [0.29, 0.717) is 0 Å². The average Bonchev–Trinajstić information content (AvgIpc) is 3.27. The molecule has 0 bridgehead atoms. The predicted molar refractivity (Wildman–Crippen MR) is 184 cm³/mol. The monoisotopic (exact) mass is 597 g/mol. The van der Waals surface area contributed by atoms with Gasteiger partial charge < -0.3 is 0 Å². The quantitative estimate of drug-likeness (QED) is 0.234. The van der Waals surface area contributed by atoms with Crippen LogP contribution in [0.3, 0.4) is 0 Å². The summed E-state index contributed by atoms with van der Waals surface area (Å²) in [6.45, 7) is 33.7. The van der Waals surface area contributed by atoms with E-state index < -0.39 is 7.51 Å². The molecule has 2 aliphatic heterocycles. The number of rotatable bonds is 8. The van der Waals surface area contributed by atoms with Crippen molar-refractivity contribution in [2.75, 3.05) is 17.8 Å². The van der Waals surface area contributed by atoms with Crippen molar-refractivity contribution in [3.8, 4) is 11.5 Å². The number of hydrogen-bond acceptors (Lipinski definition) is 5. The number of anilines is 2. The van der Waals surface area contributed by atoms with Gasteiger partial charge in [-0.3, -0.25) is 0 Å². The fourth-order valence-corrected chi connectivity index (χ4v) is 10.0. The van der Waals surface area contributed by atoms with E-state index in [1.165, 1.54) is 22.3 Å². The summed E-state index contributed by atoms with van der Waals surface area (Å²) in [6.07, 6.45) is 4.27. The first-order valence-corrected chi connectivity index (χ1v) is 18.3. The molecule has 0 aliphatic carbocycles. The number of unbranched alkanes of at least 4 members (excludes halogenated alkanes) is 2. The molecule has 5 nitrogen and oxygen atoms in total. The SMILES string of the molecule is CCCCNP12(NCCCC)Oc3c(cc(C(C)(C)C)cc3C(C)(C)C)N1c1cc(C(C)(C)C)cc(C(C)(C)C)c1O2. The molecule has 0 saturated carbocycles. The van der Waals surface area contributed by atoms with Crippen LogP contribution in [0, 0.1) is 0 Å². The first kappa shape index (κ1) is 33.1. The zero-order chi connectivity index (χ0) is 31.5. The molecule has 0 atom stereocenters. The van der Waals surface area contributed by atoms with Gasteiger partial charge in [0.2, 0.25) is 0 Å². The van der Waals surface area contributed by atoms with Gasteiger partial charge >= 0.3 is 258 Å². The van der Waals surface area contributed by atoms with Gasteiger partial charge in [-0.05, 0) is 0 Å². The van der Waals surface area contributed by atoms with Crippen LogP contribution in [0.5, 0.6) is 11.5 Å². The molecule has 42 heavy (non-hydrogen) atoms. The van der Waals surface area contributed by atoms with Crippen molar-refractivity contribution in [3.05, 3.63) is 46.5 Å². The fourth-order valence-electron chi connectivity index (χ4n) is 5.91. The first-order valence-electron chi connectivity index (χ1n) is 16.3. The van der Waals surface area contributed by atoms with Crippen LogP contribution in [-0.4, -0.2) is 13.1 Å². The Kier molecular flexibility index (Phi) is 8.41. The van der Waals surface area contributed by atoms with E-state index >= 15 is 0 Å². The summed E-state index contributed by atoms with van der Waals surface area (Å²) in [7, 11) is -3.91. The van der Waals surface area contributed by atoms with Crippen molar-refractivity contribution in [2.24, 2.45) is 0 Å². The van der Waals surface area contributed by atoms with Crippen molar-refractivity contribution in [1.82, 2.24) is 10.2 Å². The number of nitrogens with one attached hydrogen (secondary N) is 2. The minimum atomic E-state index is -3.91. The maximum absolute atomic E-state index is 7.51. The van der Waals surface area contributed by atoms with E-state index in [1.807, 2.05) is 0 Å². The molecule has 0 amide bonds. The summed E-state index contributed by atoms with van der Waals surface area (Å²) < 4.78 is 17.5. The summed E-state index contributed by atoms with van der Waals surface area (Å²) in [6, 6.07) is 9.50. The Morgan fingerprint density at radius 3 is 1.21 bits per heavy atom. The Balaban J connectivity index is 2.16. The van der Waals surface area contributed by atoms with E-state index in [1.54, 1.807) is 0 Å². The molecule has 0 aromatic heterocycles. The van der Waals surface area contributed by atoms with Crippen molar-refractivity contribution >= 4 is 18.9 Å². The van der Waals surface area contributed by atoms with Crippen molar-refractivity contribution < 1.29 is 9.05 Å². The molecule has 6 heteroatoms. The molecule has 0 radical (unpaired) electrons. The average molecular weight is 598 g/mol. The van der Waals surface area contributed by atoms with Gasteiger partial charge in [-0.1, -0.05) is 0 Å². The van der Waals surface area contributed by atoms with Crippen LogP contribution in [0.4, 0.5) is 11.4 Å². The van der Waals surface area contributed by atoms with E-state index in [9.17, 15) is 0 Å². The number of hydrogen-bond donors (Lipinski definition) is 2. The van der Waals surface area contributed by atoms with Crippen LogP contribution in [-0.2, 0) is 21.7 Å². The Hall–Kier alpha value is -1.81. The van der Waals surface area contributed by atoms with E-state index in [0.717, 1.165) is 61.6 Å². The molecule has 2 aromatic rings.